The number of carbonyl (C=O) groups excluding carboxylic acids is 1. The molecule has 1 aliphatic rings. The molecule has 0 saturated carbocycles. The van der Waals surface area contributed by atoms with Crippen LogP contribution in [0.15, 0.2) is 12.1 Å². The number of anilines is 1. The lowest BCUT2D eigenvalue weighted by atomic mass is 9.98. The van der Waals surface area contributed by atoms with E-state index in [2.05, 4.69) is 29.7 Å². The third-order valence-electron chi connectivity index (χ3n) is 3.28. The van der Waals surface area contributed by atoms with Gasteiger partial charge >= 0.3 is 0 Å². The standard InChI is InChI=1S/C14H20N2O/c1-9-4-10(2)14(11(3)5-9)16-13(17)6-12-7-15-8-12/h4-5,12,15H,6-8H2,1-3H3,(H,16,17). The van der Waals surface area contributed by atoms with E-state index in [1.54, 1.807) is 0 Å². The van der Waals surface area contributed by atoms with E-state index < -0.39 is 0 Å². The summed E-state index contributed by atoms with van der Waals surface area (Å²) < 4.78 is 0. The minimum Gasteiger partial charge on any atom is -0.326 e. The van der Waals surface area contributed by atoms with E-state index >= 15 is 0 Å². The molecule has 1 fully saturated rings. The van der Waals surface area contributed by atoms with Crippen LogP contribution < -0.4 is 10.6 Å². The summed E-state index contributed by atoms with van der Waals surface area (Å²) in [5.41, 5.74) is 4.50. The molecule has 17 heavy (non-hydrogen) atoms. The monoisotopic (exact) mass is 232 g/mol. The second-order valence-corrected chi connectivity index (χ2v) is 5.05. The quantitative estimate of drug-likeness (QED) is 0.838. The molecule has 1 aromatic carbocycles. The molecule has 1 saturated heterocycles. The third-order valence-corrected chi connectivity index (χ3v) is 3.28. The minimum atomic E-state index is 0.131. The van der Waals surface area contributed by atoms with Gasteiger partial charge in [-0.3, -0.25) is 4.79 Å². The molecule has 0 aliphatic carbocycles. The van der Waals surface area contributed by atoms with Gasteiger partial charge < -0.3 is 10.6 Å². The van der Waals surface area contributed by atoms with Crippen molar-refractivity contribution < 1.29 is 4.79 Å². The zero-order valence-electron chi connectivity index (χ0n) is 10.8. The van der Waals surface area contributed by atoms with Crippen molar-refractivity contribution in [2.75, 3.05) is 18.4 Å². The average molecular weight is 232 g/mol. The van der Waals surface area contributed by atoms with Gasteiger partial charge in [-0.05, 0) is 50.9 Å². The molecule has 2 rings (SSSR count). The molecule has 92 valence electrons. The first-order valence-corrected chi connectivity index (χ1v) is 6.14. The van der Waals surface area contributed by atoms with E-state index in [1.807, 2.05) is 13.8 Å². The molecule has 1 amide bonds. The molecular formula is C14H20N2O. The van der Waals surface area contributed by atoms with Crippen molar-refractivity contribution in [3.8, 4) is 0 Å². The van der Waals surface area contributed by atoms with Gasteiger partial charge in [0.05, 0.1) is 0 Å². The molecule has 3 heteroatoms. The van der Waals surface area contributed by atoms with Crippen LogP contribution in [0, 0.1) is 26.7 Å². The molecule has 1 aliphatic heterocycles. The summed E-state index contributed by atoms with van der Waals surface area (Å²) in [4.78, 5) is 11.9. The topological polar surface area (TPSA) is 41.1 Å². The summed E-state index contributed by atoms with van der Waals surface area (Å²) >= 11 is 0. The van der Waals surface area contributed by atoms with Gasteiger partial charge in [-0.15, -0.1) is 0 Å². The first-order chi connectivity index (χ1) is 8.06. The van der Waals surface area contributed by atoms with Crippen molar-refractivity contribution in [2.45, 2.75) is 27.2 Å². The molecule has 0 aromatic heterocycles. The van der Waals surface area contributed by atoms with Crippen LogP contribution in [0.4, 0.5) is 5.69 Å². The maximum Gasteiger partial charge on any atom is 0.224 e. The van der Waals surface area contributed by atoms with Gasteiger partial charge in [0.1, 0.15) is 0 Å². The Balaban J connectivity index is 2.04. The Bertz CT molecular complexity index is 413. The summed E-state index contributed by atoms with van der Waals surface area (Å²) in [6, 6.07) is 4.21. The highest BCUT2D eigenvalue weighted by atomic mass is 16.1. The lowest BCUT2D eigenvalue weighted by Gasteiger charge is -2.26. The van der Waals surface area contributed by atoms with Crippen LogP contribution in [-0.4, -0.2) is 19.0 Å². The van der Waals surface area contributed by atoms with Crippen LogP contribution >= 0.6 is 0 Å². The Morgan fingerprint density at radius 2 is 1.88 bits per heavy atom. The van der Waals surface area contributed by atoms with Crippen LogP contribution in [0.3, 0.4) is 0 Å². The highest BCUT2D eigenvalue weighted by Crippen LogP contribution is 2.22. The van der Waals surface area contributed by atoms with E-state index in [-0.39, 0.29) is 5.91 Å². The van der Waals surface area contributed by atoms with E-state index in [9.17, 15) is 4.79 Å². The summed E-state index contributed by atoms with van der Waals surface area (Å²) in [5.74, 6) is 0.646. The van der Waals surface area contributed by atoms with Crippen molar-refractivity contribution >= 4 is 11.6 Å². The van der Waals surface area contributed by atoms with E-state index in [0.29, 0.717) is 12.3 Å². The van der Waals surface area contributed by atoms with E-state index in [4.69, 9.17) is 0 Å². The molecule has 3 nitrogen and oxygen atoms in total. The molecular weight excluding hydrogens is 212 g/mol. The summed E-state index contributed by atoms with van der Waals surface area (Å²) in [6.45, 7) is 8.10. The number of carbonyl (C=O) groups is 1. The summed E-state index contributed by atoms with van der Waals surface area (Å²) in [7, 11) is 0. The zero-order chi connectivity index (χ0) is 12.4. The van der Waals surface area contributed by atoms with Crippen molar-refractivity contribution in [1.29, 1.82) is 0 Å². The van der Waals surface area contributed by atoms with Crippen molar-refractivity contribution in [3.05, 3.63) is 28.8 Å². The maximum atomic E-state index is 11.9. The van der Waals surface area contributed by atoms with Gasteiger partial charge in [0.15, 0.2) is 0 Å². The highest BCUT2D eigenvalue weighted by Gasteiger charge is 2.20. The number of nitrogens with one attached hydrogen (secondary N) is 2. The Hall–Kier alpha value is -1.35. The van der Waals surface area contributed by atoms with E-state index in [1.165, 1.54) is 5.56 Å². The number of rotatable bonds is 3. The molecule has 0 unspecified atom stereocenters. The number of amides is 1. The average Bonchev–Trinajstić information content (AvgIpc) is 2.17. The smallest absolute Gasteiger partial charge is 0.224 e. The van der Waals surface area contributed by atoms with Gasteiger partial charge in [-0.25, -0.2) is 0 Å². The maximum absolute atomic E-state index is 11.9. The molecule has 0 bridgehead atoms. The van der Waals surface area contributed by atoms with E-state index in [0.717, 1.165) is 29.9 Å². The van der Waals surface area contributed by atoms with Gasteiger partial charge in [0.25, 0.3) is 0 Å². The lowest BCUT2D eigenvalue weighted by molar-refractivity contribution is -0.117. The summed E-state index contributed by atoms with van der Waals surface area (Å²) in [6.07, 6.45) is 0.625. The van der Waals surface area contributed by atoms with Crippen LogP contribution in [0.1, 0.15) is 23.1 Å². The summed E-state index contributed by atoms with van der Waals surface area (Å²) in [5, 5.41) is 6.22. The number of benzene rings is 1. The molecule has 1 aromatic rings. The highest BCUT2D eigenvalue weighted by molar-refractivity contribution is 5.92. The molecule has 0 radical (unpaired) electrons. The number of hydrogen-bond donors (Lipinski definition) is 2. The predicted molar refractivity (Wildman–Crippen MR) is 70.3 cm³/mol. The fourth-order valence-electron chi connectivity index (χ4n) is 2.32. The minimum absolute atomic E-state index is 0.131. The SMILES string of the molecule is Cc1cc(C)c(NC(=O)CC2CNC2)c(C)c1. The fourth-order valence-corrected chi connectivity index (χ4v) is 2.32. The Kier molecular flexibility index (Phi) is 3.48. The van der Waals surface area contributed by atoms with Gasteiger partial charge in [-0.2, -0.15) is 0 Å². The van der Waals surface area contributed by atoms with Crippen LogP contribution in [-0.2, 0) is 4.79 Å². The molecule has 1 heterocycles. The first-order valence-electron chi connectivity index (χ1n) is 6.14. The van der Waals surface area contributed by atoms with Crippen molar-refractivity contribution in [2.24, 2.45) is 5.92 Å². The van der Waals surface area contributed by atoms with Crippen LogP contribution in [0.5, 0.6) is 0 Å². The number of aryl methyl sites for hydroxylation is 3. The predicted octanol–water partition coefficient (Wildman–Crippen LogP) is 2.16. The van der Waals surface area contributed by atoms with Crippen molar-refractivity contribution in [1.82, 2.24) is 5.32 Å². The van der Waals surface area contributed by atoms with Crippen LogP contribution in [0.2, 0.25) is 0 Å². The Labute approximate surface area is 103 Å². The van der Waals surface area contributed by atoms with Gasteiger partial charge in [0.2, 0.25) is 5.91 Å². The first kappa shape index (κ1) is 12.1. The van der Waals surface area contributed by atoms with Gasteiger partial charge in [-0.1, -0.05) is 17.7 Å². The second kappa shape index (κ2) is 4.88. The van der Waals surface area contributed by atoms with Gasteiger partial charge in [0, 0.05) is 12.1 Å². The molecule has 0 atom stereocenters. The fraction of sp³-hybridized carbons (Fsp3) is 0.500. The van der Waals surface area contributed by atoms with Crippen LogP contribution in [0.25, 0.3) is 0 Å². The normalized spacial score (nSPS) is 15.5. The number of hydrogen-bond acceptors (Lipinski definition) is 2. The third kappa shape index (κ3) is 2.86. The Morgan fingerprint density at radius 1 is 1.29 bits per heavy atom. The van der Waals surface area contributed by atoms with Crippen molar-refractivity contribution in [3.63, 3.8) is 0 Å². The second-order valence-electron chi connectivity index (χ2n) is 5.05. The Morgan fingerprint density at radius 3 is 2.35 bits per heavy atom. The largest absolute Gasteiger partial charge is 0.326 e. The molecule has 0 spiro atoms. The zero-order valence-corrected chi connectivity index (χ0v) is 10.8. The molecule has 2 N–H and O–H groups in total. The lowest BCUT2D eigenvalue weighted by Crippen LogP contribution is -2.43.